The monoisotopic (exact) mass is 838 g/mol. The van der Waals surface area contributed by atoms with Gasteiger partial charge < -0.3 is 4.57 Å². The first-order valence-corrected chi connectivity index (χ1v) is 22.6. The summed E-state index contributed by atoms with van der Waals surface area (Å²) >= 11 is 0. The second kappa shape index (κ2) is 14.4. The largest absolute Gasteiger partial charge is 0.309 e. The number of aromatic nitrogens is 4. The second-order valence-electron chi connectivity index (χ2n) is 17.6. The minimum atomic E-state index is 0.635. The summed E-state index contributed by atoms with van der Waals surface area (Å²) in [6, 6.07) is 79.0. The maximum absolute atomic E-state index is 5.56. The van der Waals surface area contributed by atoms with Crippen LogP contribution >= 0.6 is 0 Å². The van der Waals surface area contributed by atoms with E-state index < -0.39 is 0 Å². The van der Waals surface area contributed by atoms with E-state index in [0.29, 0.717) is 17.5 Å². The molecule has 2 aromatic heterocycles. The molecule has 0 unspecified atom stereocenters. The summed E-state index contributed by atoms with van der Waals surface area (Å²) in [5, 5.41) is 11.9. The van der Waals surface area contributed by atoms with Crippen LogP contribution in [0.15, 0.2) is 218 Å². The Hall–Kier alpha value is -8.73. The molecule has 4 heteroatoms. The summed E-state index contributed by atoms with van der Waals surface area (Å²) in [5.41, 5.74) is 13.6. The highest BCUT2D eigenvalue weighted by Crippen LogP contribution is 2.46. The van der Waals surface area contributed by atoms with Gasteiger partial charge in [0.2, 0.25) is 0 Å². The van der Waals surface area contributed by atoms with E-state index in [9.17, 15) is 0 Å². The molecule has 0 N–H and O–H groups in total. The van der Waals surface area contributed by atoms with E-state index in [1.165, 1.54) is 70.9 Å². The number of nitrogens with zero attached hydrogens (tertiary/aromatic N) is 4. The lowest BCUT2D eigenvalue weighted by atomic mass is 9.96. The second-order valence-corrected chi connectivity index (χ2v) is 17.6. The van der Waals surface area contributed by atoms with Gasteiger partial charge in [0, 0.05) is 33.2 Å². The van der Waals surface area contributed by atoms with Gasteiger partial charge >= 0.3 is 0 Å². The molecule has 0 spiro atoms. The van der Waals surface area contributed by atoms with Crippen LogP contribution in [0.25, 0.3) is 127 Å². The zero-order chi connectivity index (χ0) is 43.3. The van der Waals surface area contributed by atoms with Gasteiger partial charge in [-0.15, -0.1) is 0 Å². The molecule has 1 aliphatic carbocycles. The molecule has 2 heterocycles. The molecule has 0 saturated heterocycles. The van der Waals surface area contributed by atoms with Crippen molar-refractivity contribution in [3.8, 4) is 62.1 Å². The Bertz CT molecular complexity index is 4040. The molecule has 13 aromatic rings. The van der Waals surface area contributed by atoms with Crippen LogP contribution < -0.4 is 0 Å². The van der Waals surface area contributed by atoms with E-state index >= 15 is 0 Å². The summed E-state index contributed by atoms with van der Waals surface area (Å²) in [6.07, 6.45) is 0.782. The van der Waals surface area contributed by atoms with E-state index in [-0.39, 0.29) is 0 Å². The predicted molar refractivity (Wildman–Crippen MR) is 274 cm³/mol. The molecule has 0 saturated carbocycles. The fourth-order valence-electron chi connectivity index (χ4n) is 10.6. The van der Waals surface area contributed by atoms with Gasteiger partial charge in [-0.1, -0.05) is 176 Å². The van der Waals surface area contributed by atoms with E-state index in [0.717, 1.165) is 56.2 Å². The number of rotatable bonds is 5. The molecule has 306 valence electrons. The molecule has 4 nitrogen and oxygen atoms in total. The first-order chi connectivity index (χ1) is 32.7. The van der Waals surface area contributed by atoms with Crippen molar-refractivity contribution in [2.24, 2.45) is 0 Å². The average molecular weight is 839 g/mol. The van der Waals surface area contributed by atoms with E-state index in [4.69, 9.17) is 15.0 Å². The number of hydrogen-bond donors (Lipinski definition) is 0. The lowest BCUT2D eigenvalue weighted by molar-refractivity contribution is 1.07. The van der Waals surface area contributed by atoms with Gasteiger partial charge in [-0.3, -0.25) is 0 Å². The highest BCUT2D eigenvalue weighted by atomic mass is 15.0. The van der Waals surface area contributed by atoms with Crippen LogP contribution in [0.4, 0.5) is 0 Å². The molecule has 0 amide bonds. The van der Waals surface area contributed by atoms with Crippen molar-refractivity contribution >= 4 is 64.9 Å². The first-order valence-electron chi connectivity index (χ1n) is 22.6. The molecule has 0 atom stereocenters. The van der Waals surface area contributed by atoms with Crippen molar-refractivity contribution in [1.82, 2.24) is 19.5 Å². The standard InChI is InChI=1S/C62H38N4/c1-2-14-38(15-3-1)39-26-28-40(29-27-39)60-63-61(56-33-46-21-8-10-22-48(46)50-24-12-13-25-51(50)56)65-62(64-60)57-37-47(36-53-49-23-11-9-20-45(49)32-52(53)57)66-58-34-43-18-6-4-16-41(43)30-54(58)55-31-42-17-5-7-19-44(42)35-59(55)66/h1-31,33-37H,32H2. The average Bonchev–Trinajstić information content (AvgIpc) is 3.91. The molecule has 0 fully saturated rings. The van der Waals surface area contributed by atoms with Crippen LogP contribution in [0, 0.1) is 0 Å². The van der Waals surface area contributed by atoms with Crippen molar-refractivity contribution in [2.45, 2.75) is 6.42 Å². The smallest absolute Gasteiger partial charge is 0.164 e. The molecule has 1 aliphatic rings. The van der Waals surface area contributed by atoms with E-state index in [1.807, 2.05) is 0 Å². The van der Waals surface area contributed by atoms with Crippen molar-refractivity contribution < 1.29 is 0 Å². The van der Waals surface area contributed by atoms with Crippen LogP contribution in [-0.2, 0) is 6.42 Å². The Labute approximate surface area is 380 Å². The van der Waals surface area contributed by atoms with E-state index in [1.54, 1.807) is 0 Å². The minimum absolute atomic E-state index is 0.635. The number of fused-ring (bicyclic) bond motifs is 11. The van der Waals surface area contributed by atoms with Gasteiger partial charge in [0.25, 0.3) is 0 Å². The lowest BCUT2D eigenvalue weighted by Gasteiger charge is -2.17. The van der Waals surface area contributed by atoms with Gasteiger partial charge in [0.05, 0.1) is 11.0 Å². The van der Waals surface area contributed by atoms with Gasteiger partial charge in [0.1, 0.15) is 0 Å². The third-order valence-corrected chi connectivity index (χ3v) is 13.8. The summed E-state index contributed by atoms with van der Waals surface area (Å²) in [5.74, 6) is 1.94. The molecule has 0 radical (unpaired) electrons. The normalized spacial score (nSPS) is 12.2. The van der Waals surface area contributed by atoms with Crippen LogP contribution in [-0.4, -0.2) is 19.5 Å². The number of hydrogen-bond acceptors (Lipinski definition) is 3. The minimum Gasteiger partial charge on any atom is -0.309 e. The molecule has 14 rings (SSSR count). The third-order valence-electron chi connectivity index (χ3n) is 13.8. The summed E-state index contributed by atoms with van der Waals surface area (Å²) in [7, 11) is 0. The van der Waals surface area contributed by atoms with Crippen LogP contribution in [0.1, 0.15) is 11.1 Å². The van der Waals surface area contributed by atoms with Gasteiger partial charge in [-0.25, -0.2) is 15.0 Å². The lowest BCUT2D eigenvalue weighted by Crippen LogP contribution is -2.04. The molecule has 66 heavy (non-hydrogen) atoms. The highest BCUT2D eigenvalue weighted by Gasteiger charge is 2.27. The fraction of sp³-hybridized carbons (Fsp3) is 0.0161. The molecular formula is C62H38N4. The van der Waals surface area contributed by atoms with Crippen molar-refractivity contribution in [3.63, 3.8) is 0 Å². The van der Waals surface area contributed by atoms with Gasteiger partial charge in [-0.2, -0.15) is 0 Å². The number of benzene rings is 11. The SMILES string of the molecule is c1ccc(-c2ccc(-c3nc(-c4cc(-n5c6cc7ccccc7cc6c6cc7ccccc7cc65)cc5c4Cc4ccccc4-5)nc(-c4cc5ccccc5c5ccccc45)n3)cc2)cc1. The zero-order valence-electron chi connectivity index (χ0n) is 35.8. The Morgan fingerprint density at radius 2 is 0.803 bits per heavy atom. The predicted octanol–water partition coefficient (Wildman–Crippen LogP) is 15.8. The maximum Gasteiger partial charge on any atom is 0.164 e. The first kappa shape index (κ1) is 36.7. The molecule has 11 aromatic carbocycles. The van der Waals surface area contributed by atoms with Gasteiger partial charge in [0.15, 0.2) is 17.5 Å². The summed E-state index contributed by atoms with van der Waals surface area (Å²) in [4.78, 5) is 16.4. The van der Waals surface area contributed by atoms with Crippen LogP contribution in [0.5, 0.6) is 0 Å². The quantitative estimate of drug-likeness (QED) is 0.162. The van der Waals surface area contributed by atoms with Crippen molar-refractivity contribution in [1.29, 1.82) is 0 Å². The summed E-state index contributed by atoms with van der Waals surface area (Å²) in [6.45, 7) is 0. The molecule has 0 aliphatic heterocycles. The van der Waals surface area contributed by atoms with Crippen molar-refractivity contribution in [3.05, 3.63) is 230 Å². The van der Waals surface area contributed by atoms with Crippen molar-refractivity contribution in [2.75, 3.05) is 0 Å². The molecular weight excluding hydrogens is 801 g/mol. The Morgan fingerprint density at radius 1 is 0.303 bits per heavy atom. The highest BCUT2D eigenvalue weighted by molar-refractivity contribution is 6.17. The fourth-order valence-corrected chi connectivity index (χ4v) is 10.6. The van der Waals surface area contributed by atoms with Crippen LogP contribution in [0.3, 0.4) is 0 Å². The Balaban J connectivity index is 1.07. The van der Waals surface area contributed by atoms with Crippen LogP contribution in [0.2, 0.25) is 0 Å². The van der Waals surface area contributed by atoms with Gasteiger partial charge in [-0.05, 0) is 125 Å². The Morgan fingerprint density at radius 3 is 1.50 bits per heavy atom. The third kappa shape index (κ3) is 5.75. The van der Waals surface area contributed by atoms with E-state index in [2.05, 4.69) is 223 Å². The Kier molecular flexibility index (Phi) is 8.01. The summed E-state index contributed by atoms with van der Waals surface area (Å²) < 4.78 is 2.47. The topological polar surface area (TPSA) is 43.6 Å². The zero-order valence-corrected chi connectivity index (χ0v) is 35.8. The maximum atomic E-state index is 5.56. The molecule has 0 bridgehead atoms.